The van der Waals surface area contributed by atoms with E-state index in [9.17, 15) is 4.79 Å². The van der Waals surface area contributed by atoms with Crippen LogP contribution in [-0.4, -0.2) is 25.3 Å². The van der Waals surface area contributed by atoms with E-state index >= 15 is 0 Å². The van der Waals surface area contributed by atoms with Crippen LogP contribution in [-0.2, 0) is 16.6 Å². The molecule has 1 aromatic rings. The highest BCUT2D eigenvalue weighted by molar-refractivity contribution is 5.67. The summed E-state index contributed by atoms with van der Waals surface area (Å²) in [6.45, 7) is 6.27. The second-order valence-electron chi connectivity index (χ2n) is 5.51. The molecule has 0 unspecified atom stereocenters. The monoisotopic (exact) mass is 266 g/mol. The maximum atomic E-state index is 10.7. The van der Waals surface area contributed by atoms with Crippen molar-refractivity contribution in [2.75, 3.05) is 14.2 Å². The maximum absolute atomic E-state index is 10.7. The summed E-state index contributed by atoms with van der Waals surface area (Å²) in [7, 11) is 3.22. The van der Waals surface area contributed by atoms with Gasteiger partial charge in [0.05, 0.1) is 14.2 Å². The van der Waals surface area contributed by atoms with Crippen molar-refractivity contribution in [1.82, 2.24) is 0 Å². The van der Waals surface area contributed by atoms with E-state index in [1.54, 1.807) is 14.2 Å². The Hall–Kier alpha value is -1.71. The standard InChI is InChI=1S/C15H22O4/c1-15(2,3)12-9-11(18-4)8-10(14(12)19-5)6-7-13(16)17/h8-9H,6-7H2,1-5H3,(H,16,17). The SMILES string of the molecule is COc1cc(CCC(=O)O)c(OC)c(C(C)(C)C)c1. The largest absolute Gasteiger partial charge is 0.497 e. The van der Waals surface area contributed by atoms with Crippen LogP contribution in [0.2, 0.25) is 0 Å². The predicted molar refractivity (Wildman–Crippen MR) is 74.2 cm³/mol. The van der Waals surface area contributed by atoms with Gasteiger partial charge in [0.2, 0.25) is 0 Å². The minimum absolute atomic E-state index is 0.0765. The molecule has 0 fully saturated rings. The number of methoxy groups -OCH3 is 2. The lowest BCUT2D eigenvalue weighted by atomic mass is 9.84. The number of carboxylic acids is 1. The molecule has 0 atom stereocenters. The van der Waals surface area contributed by atoms with Gasteiger partial charge in [-0.3, -0.25) is 4.79 Å². The van der Waals surface area contributed by atoms with Gasteiger partial charge < -0.3 is 14.6 Å². The summed E-state index contributed by atoms with van der Waals surface area (Å²) in [5.74, 6) is 0.669. The summed E-state index contributed by atoms with van der Waals surface area (Å²) >= 11 is 0. The fourth-order valence-electron chi connectivity index (χ4n) is 2.00. The number of benzene rings is 1. The Kier molecular flexibility index (Phi) is 4.81. The number of ether oxygens (including phenoxy) is 2. The van der Waals surface area contributed by atoms with Crippen LogP contribution in [0.3, 0.4) is 0 Å². The molecular formula is C15H22O4. The highest BCUT2D eigenvalue weighted by Gasteiger charge is 2.22. The van der Waals surface area contributed by atoms with E-state index in [2.05, 4.69) is 20.8 Å². The molecule has 4 heteroatoms. The van der Waals surface area contributed by atoms with Crippen LogP contribution in [0.15, 0.2) is 12.1 Å². The normalized spacial score (nSPS) is 11.2. The van der Waals surface area contributed by atoms with Gasteiger partial charge in [0.25, 0.3) is 0 Å². The summed E-state index contributed by atoms with van der Waals surface area (Å²) in [5.41, 5.74) is 1.79. The Balaban J connectivity index is 3.30. The van der Waals surface area contributed by atoms with Crippen LogP contribution in [0, 0.1) is 0 Å². The Bertz CT molecular complexity index is 458. The minimum atomic E-state index is -0.817. The third-order valence-corrected chi connectivity index (χ3v) is 3.00. The van der Waals surface area contributed by atoms with Gasteiger partial charge >= 0.3 is 5.97 Å². The molecule has 0 saturated carbocycles. The second kappa shape index (κ2) is 5.95. The molecule has 0 bridgehead atoms. The number of carboxylic acid groups (broad SMARTS) is 1. The first-order chi connectivity index (χ1) is 8.79. The number of hydrogen-bond acceptors (Lipinski definition) is 3. The third kappa shape index (κ3) is 3.88. The molecule has 0 saturated heterocycles. The van der Waals surface area contributed by atoms with Crippen molar-refractivity contribution in [3.05, 3.63) is 23.3 Å². The van der Waals surface area contributed by atoms with Gasteiger partial charge in [0, 0.05) is 12.0 Å². The van der Waals surface area contributed by atoms with Crippen LogP contribution in [0.5, 0.6) is 11.5 Å². The van der Waals surface area contributed by atoms with Gasteiger partial charge in [0.15, 0.2) is 0 Å². The highest BCUT2D eigenvalue weighted by Crippen LogP contribution is 2.37. The first-order valence-corrected chi connectivity index (χ1v) is 6.26. The molecule has 106 valence electrons. The molecule has 4 nitrogen and oxygen atoms in total. The van der Waals surface area contributed by atoms with Crippen molar-refractivity contribution in [3.63, 3.8) is 0 Å². The zero-order valence-corrected chi connectivity index (χ0v) is 12.2. The van der Waals surface area contributed by atoms with Gasteiger partial charge in [-0.15, -0.1) is 0 Å². The van der Waals surface area contributed by atoms with Crippen molar-refractivity contribution in [3.8, 4) is 11.5 Å². The highest BCUT2D eigenvalue weighted by atomic mass is 16.5. The van der Waals surface area contributed by atoms with E-state index in [0.29, 0.717) is 6.42 Å². The van der Waals surface area contributed by atoms with Crippen LogP contribution in [0.25, 0.3) is 0 Å². The number of rotatable bonds is 5. The van der Waals surface area contributed by atoms with Crippen molar-refractivity contribution in [2.24, 2.45) is 0 Å². The Morgan fingerprint density at radius 1 is 1.21 bits per heavy atom. The van der Waals surface area contributed by atoms with Gasteiger partial charge in [-0.1, -0.05) is 20.8 Å². The third-order valence-electron chi connectivity index (χ3n) is 3.00. The molecular weight excluding hydrogens is 244 g/mol. The van der Waals surface area contributed by atoms with E-state index in [-0.39, 0.29) is 11.8 Å². The van der Waals surface area contributed by atoms with Crippen LogP contribution in [0.1, 0.15) is 38.3 Å². The molecule has 0 aliphatic heterocycles. The molecule has 0 aliphatic carbocycles. The molecule has 1 N–H and O–H groups in total. The fraction of sp³-hybridized carbons (Fsp3) is 0.533. The molecule has 0 heterocycles. The summed E-state index contributed by atoms with van der Waals surface area (Å²) in [5, 5.41) is 8.82. The quantitative estimate of drug-likeness (QED) is 0.890. The van der Waals surface area contributed by atoms with Crippen LogP contribution < -0.4 is 9.47 Å². The topological polar surface area (TPSA) is 55.8 Å². The van der Waals surface area contributed by atoms with E-state index in [1.165, 1.54) is 0 Å². The number of carbonyl (C=O) groups is 1. The first-order valence-electron chi connectivity index (χ1n) is 6.26. The minimum Gasteiger partial charge on any atom is -0.497 e. The van der Waals surface area contributed by atoms with E-state index in [4.69, 9.17) is 14.6 Å². The first kappa shape index (κ1) is 15.3. The summed E-state index contributed by atoms with van der Waals surface area (Å²) in [6.07, 6.45) is 0.506. The second-order valence-corrected chi connectivity index (χ2v) is 5.51. The summed E-state index contributed by atoms with van der Waals surface area (Å²) < 4.78 is 10.8. The molecule has 1 aromatic carbocycles. The van der Waals surface area contributed by atoms with E-state index in [0.717, 1.165) is 22.6 Å². The summed E-state index contributed by atoms with van der Waals surface area (Å²) in [6, 6.07) is 3.79. The number of aryl methyl sites for hydroxylation is 1. The average Bonchev–Trinajstić information content (AvgIpc) is 2.33. The van der Waals surface area contributed by atoms with Gasteiger partial charge in [-0.05, 0) is 29.5 Å². The van der Waals surface area contributed by atoms with Crippen LogP contribution >= 0.6 is 0 Å². The fourth-order valence-corrected chi connectivity index (χ4v) is 2.00. The Morgan fingerprint density at radius 2 is 1.84 bits per heavy atom. The summed E-state index contributed by atoms with van der Waals surface area (Å²) in [4.78, 5) is 10.7. The molecule has 0 spiro atoms. The van der Waals surface area contributed by atoms with Crippen molar-refractivity contribution < 1.29 is 19.4 Å². The molecule has 0 aromatic heterocycles. The lowest BCUT2D eigenvalue weighted by Crippen LogP contribution is -2.14. The van der Waals surface area contributed by atoms with Gasteiger partial charge in [-0.2, -0.15) is 0 Å². The smallest absolute Gasteiger partial charge is 0.303 e. The Labute approximate surface area is 114 Å². The predicted octanol–water partition coefficient (Wildman–Crippen LogP) is 3.02. The molecule has 19 heavy (non-hydrogen) atoms. The number of aliphatic carboxylic acids is 1. The van der Waals surface area contributed by atoms with Gasteiger partial charge in [-0.25, -0.2) is 0 Å². The van der Waals surface area contributed by atoms with E-state index in [1.807, 2.05) is 12.1 Å². The van der Waals surface area contributed by atoms with Crippen molar-refractivity contribution >= 4 is 5.97 Å². The molecule has 0 aliphatic rings. The van der Waals surface area contributed by atoms with Crippen molar-refractivity contribution in [2.45, 2.75) is 39.0 Å². The lowest BCUT2D eigenvalue weighted by molar-refractivity contribution is -0.136. The number of hydrogen-bond donors (Lipinski definition) is 1. The maximum Gasteiger partial charge on any atom is 0.303 e. The average molecular weight is 266 g/mol. The van der Waals surface area contributed by atoms with Crippen LogP contribution in [0.4, 0.5) is 0 Å². The van der Waals surface area contributed by atoms with Crippen molar-refractivity contribution in [1.29, 1.82) is 0 Å². The zero-order chi connectivity index (χ0) is 14.6. The molecule has 0 radical (unpaired) electrons. The Morgan fingerprint density at radius 3 is 2.26 bits per heavy atom. The zero-order valence-electron chi connectivity index (χ0n) is 12.2. The van der Waals surface area contributed by atoms with E-state index < -0.39 is 5.97 Å². The molecule has 1 rings (SSSR count). The lowest BCUT2D eigenvalue weighted by Gasteiger charge is -2.25. The molecule has 0 amide bonds. The van der Waals surface area contributed by atoms with Gasteiger partial charge in [0.1, 0.15) is 11.5 Å².